The monoisotopic (exact) mass is 352 g/mol. The first-order valence-electron chi connectivity index (χ1n) is 7.99. The molecule has 3 aromatic rings. The van der Waals surface area contributed by atoms with E-state index in [1.807, 2.05) is 60.7 Å². The summed E-state index contributed by atoms with van der Waals surface area (Å²) in [7, 11) is 0. The van der Waals surface area contributed by atoms with Crippen molar-refractivity contribution in [3.05, 3.63) is 83.9 Å². The van der Waals surface area contributed by atoms with E-state index in [1.54, 1.807) is 0 Å². The molecule has 4 N–H and O–H groups in total. The molecule has 5 nitrogen and oxygen atoms in total. The largest absolute Gasteiger partial charge is 0.508 e. The van der Waals surface area contributed by atoms with Gasteiger partial charge in [-0.2, -0.15) is 0 Å². The fourth-order valence-corrected chi connectivity index (χ4v) is 2.30. The summed E-state index contributed by atoms with van der Waals surface area (Å²) >= 11 is 0. The number of Topliss-reactive ketones (excluding diaryl/α,β-unsaturated/α-hetero) is 1. The number of phenols is 4. The Morgan fingerprint density at radius 3 is 1.42 bits per heavy atom. The van der Waals surface area contributed by atoms with Gasteiger partial charge in [-0.15, -0.1) is 0 Å². The van der Waals surface area contributed by atoms with Gasteiger partial charge in [-0.25, -0.2) is 0 Å². The predicted octanol–water partition coefficient (Wildman–Crippen LogP) is 3.55. The number of hydrogen-bond donors (Lipinski definition) is 4. The number of rotatable bonds is 4. The first-order chi connectivity index (χ1) is 12.5. The van der Waals surface area contributed by atoms with Crippen LogP contribution in [0.25, 0.3) is 0 Å². The van der Waals surface area contributed by atoms with Gasteiger partial charge in [0.2, 0.25) is 5.75 Å². The van der Waals surface area contributed by atoms with E-state index in [0.717, 1.165) is 23.3 Å². The highest BCUT2D eigenvalue weighted by Crippen LogP contribution is 2.37. The molecule has 134 valence electrons. The molecule has 0 radical (unpaired) electrons. The Balaban J connectivity index is 0.000000209. The van der Waals surface area contributed by atoms with Crippen molar-refractivity contribution in [1.29, 1.82) is 0 Å². The molecule has 0 bridgehead atoms. The van der Waals surface area contributed by atoms with Gasteiger partial charge < -0.3 is 20.4 Å². The van der Waals surface area contributed by atoms with Crippen LogP contribution in [0.3, 0.4) is 0 Å². The molecule has 0 unspecified atom stereocenters. The van der Waals surface area contributed by atoms with Crippen LogP contribution in [0.15, 0.2) is 72.8 Å². The highest BCUT2D eigenvalue weighted by atomic mass is 16.3. The maximum Gasteiger partial charge on any atom is 0.200 e. The van der Waals surface area contributed by atoms with E-state index in [4.69, 9.17) is 20.4 Å². The predicted molar refractivity (Wildman–Crippen MR) is 98.4 cm³/mol. The highest BCUT2D eigenvalue weighted by molar-refractivity contribution is 5.83. The Morgan fingerprint density at radius 1 is 0.654 bits per heavy atom. The lowest BCUT2D eigenvalue weighted by atomic mass is 10.0. The molecule has 0 saturated heterocycles. The number of carbonyl (C=O) groups is 1. The minimum atomic E-state index is -0.627. The summed E-state index contributed by atoms with van der Waals surface area (Å²) in [5.74, 6) is -1.75. The molecule has 0 amide bonds. The Labute approximate surface area is 151 Å². The van der Waals surface area contributed by atoms with Crippen LogP contribution in [0.4, 0.5) is 0 Å². The fraction of sp³-hybridized carbons (Fsp3) is 0.0952. The van der Waals surface area contributed by atoms with Gasteiger partial charge in [0.1, 0.15) is 11.5 Å². The Kier molecular flexibility index (Phi) is 6.62. The highest BCUT2D eigenvalue weighted by Gasteiger charge is 2.06. The molecule has 0 aliphatic heterocycles. The lowest BCUT2D eigenvalue weighted by molar-refractivity contribution is -0.117. The van der Waals surface area contributed by atoms with Crippen LogP contribution in [0.1, 0.15) is 11.1 Å². The summed E-state index contributed by atoms with van der Waals surface area (Å²) in [5, 5.41) is 34.8. The van der Waals surface area contributed by atoms with Gasteiger partial charge in [-0.1, -0.05) is 60.7 Å². The molecule has 3 rings (SSSR count). The molecule has 0 aromatic heterocycles. The Morgan fingerprint density at radius 2 is 1.04 bits per heavy atom. The third-order valence-corrected chi connectivity index (χ3v) is 3.54. The zero-order chi connectivity index (χ0) is 18.9. The molecule has 26 heavy (non-hydrogen) atoms. The summed E-state index contributed by atoms with van der Waals surface area (Å²) in [6.45, 7) is 0. The molecule has 0 heterocycles. The second kappa shape index (κ2) is 9.13. The molecule has 3 aromatic carbocycles. The summed E-state index contributed by atoms with van der Waals surface area (Å²) in [6.07, 6.45) is 1.05. The van der Waals surface area contributed by atoms with E-state index < -0.39 is 17.2 Å². The summed E-state index contributed by atoms with van der Waals surface area (Å²) in [5.41, 5.74) is 2.17. The lowest BCUT2D eigenvalue weighted by Gasteiger charge is -2.01. The summed E-state index contributed by atoms with van der Waals surface area (Å²) in [6, 6.07) is 21.6. The van der Waals surface area contributed by atoms with Gasteiger partial charge in [-0.05, 0) is 11.1 Å². The van der Waals surface area contributed by atoms with Crippen molar-refractivity contribution in [3.63, 3.8) is 0 Å². The van der Waals surface area contributed by atoms with Gasteiger partial charge in [0.25, 0.3) is 0 Å². The number of hydrogen-bond acceptors (Lipinski definition) is 5. The van der Waals surface area contributed by atoms with Crippen LogP contribution in [0.2, 0.25) is 0 Å². The summed E-state index contributed by atoms with van der Waals surface area (Å²) < 4.78 is 0. The van der Waals surface area contributed by atoms with E-state index >= 15 is 0 Å². The molecular weight excluding hydrogens is 332 g/mol. The van der Waals surface area contributed by atoms with Crippen molar-refractivity contribution < 1.29 is 25.2 Å². The number of ketones is 1. The Bertz CT molecular complexity index is 778. The van der Waals surface area contributed by atoms with Crippen molar-refractivity contribution in [3.8, 4) is 23.0 Å². The topological polar surface area (TPSA) is 98.0 Å². The van der Waals surface area contributed by atoms with Crippen molar-refractivity contribution in [2.75, 3.05) is 0 Å². The standard InChI is InChI=1S/C15H14O.C6H6O4/c16-15(11-13-7-3-1-4-8-13)12-14-9-5-2-6-10-14;7-3-1-4(8)6(10)5(9)2-3/h1-10H,11-12H2;1-2,7-10H. The number of phenolic OH excluding ortho intramolecular Hbond substituents is 4. The van der Waals surface area contributed by atoms with Crippen LogP contribution in [-0.2, 0) is 17.6 Å². The molecule has 0 aliphatic rings. The van der Waals surface area contributed by atoms with E-state index in [-0.39, 0.29) is 11.5 Å². The van der Waals surface area contributed by atoms with Crippen LogP contribution >= 0.6 is 0 Å². The number of benzene rings is 3. The van der Waals surface area contributed by atoms with Crippen LogP contribution in [-0.4, -0.2) is 26.2 Å². The van der Waals surface area contributed by atoms with Crippen molar-refractivity contribution in [1.82, 2.24) is 0 Å². The molecule has 0 aliphatic carbocycles. The second-order valence-corrected chi connectivity index (χ2v) is 5.70. The molecule has 0 atom stereocenters. The van der Waals surface area contributed by atoms with Crippen LogP contribution in [0.5, 0.6) is 23.0 Å². The zero-order valence-electron chi connectivity index (χ0n) is 14.0. The first-order valence-corrected chi connectivity index (χ1v) is 7.99. The number of aromatic hydroxyl groups is 4. The lowest BCUT2D eigenvalue weighted by Crippen LogP contribution is -2.06. The minimum Gasteiger partial charge on any atom is -0.508 e. The smallest absolute Gasteiger partial charge is 0.200 e. The molecule has 0 saturated carbocycles. The van der Waals surface area contributed by atoms with Gasteiger partial charge in [0.15, 0.2) is 11.5 Å². The second-order valence-electron chi connectivity index (χ2n) is 5.70. The SMILES string of the molecule is O=C(Cc1ccccc1)Cc1ccccc1.Oc1cc(O)c(O)c(O)c1. The molecule has 0 spiro atoms. The minimum absolute atomic E-state index is 0.261. The van der Waals surface area contributed by atoms with Crippen molar-refractivity contribution >= 4 is 5.78 Å². The van der Waals surface area contributed by atoms with Crippen LogP contribution < -0.4 is 0 Å². The maximum absolute atomic E-state index is 11.8. The quantitative estimate of drug-likeness (QED) is 0.425. The average Bonchev–Trinajstić information content (AvgIpc) is 2.62. The van der Waals surface area contributed by atoms with Gasteiger partial charge >= 0.3 is 0 Å². The normalized spacial score (nSPS) is 9.85. The van der Waals surface area contributed by atoms with E-state index in [1.165, 1.54) is 0 Å². The summed E-state index contributed by atoms with van der Waals surface area (Å²) in [4.78, 5) is 11.8. The van der Waals surface area contributed by atoms with Crippen LogP contribution in [0, 0.1) is 0 Å². The number of carbonyl (C=O) groups excluding carboxylic acids is 1. The zero-order valence-corrected chi connectivity index (χ0v) is 14.0. The maximum atomic E-state index is 11.8. The van der Waals surface area contributed by atoms with E-state index in [2.05, 4.69) is 0 Å². The van der Waals surface area contributed by atoms with Gasteiger partial charge in [0.05, 0.1) is 0 Å². The van der Waals surface area contributed by atoms with E-state index in [9.17, 15) is 4.79 Å². The molecule has 0 fully saturated rings. The van der Waals surface area contributed by atoms with Gasteiger partial charge in [0, 0.05) is 25.0 Å². The fourth-order valence-electron chi connectivity index (χ4n) is 2.30. The average molecular weight is 352 g/mol. The van der Waals surface area contributed by atoms with Crippen molar-refractivity contribution in [2.24, 2.45) is 0 Å². The first kappa shape index (κ1) is 18.9. The molecule has 5 heteroatoms. The molecular formula is C21H20O5. The van der Waals surface area contributed by atoms with E-state index in [0.29, 0.717) is 12.8 Å². The van der Waals surface area contributed by atoms with Gasteiger partial charge in [-0.3, -0.25) is 4.79 Å². The third kappa shape index (κ3) is 5.87. The van der Waals surface area contributed by atoms with Crippen molar-refractivity contribution in [2.45, 2.75) is 12.8 Å². The Hall–Kier alpha value is -3.47. The third-order valence-electron chi connectivity index (χ3n) is 3.54.